The van der Waals surface area contributed by atoms with Crippen LogP contribution in [0.5, 0.6) is 0 Å². The Balaban J connectivity index is 0.982. The maximum atomic E-state index is 12.6. The lowest BCUT2D eigenvalue weighted by atomic mass is 9.32. The van der Waals surface area contributed by atoms with E-state index in [2.05, 4.69) is 53.7 Å². The average Bonchev–Trinajstić information content (AvgIpc) is 3.57. The van der Waals surface area contributed by atoms with Crippen LogP contribution in [0.3, 0.4) is 0 Å². The Hall–Kier alpha value is -1.47. The second-order valence-corrected chi connectivity index (χ2v) is 24.4. The molecule has 9 aliphatic rings. The van der Waals surface area contributed by atoms with Crippen LogP contribution in [-0.4, -0.2) is 193 Å². The summed E-state index contributed by atoms with van der Waals surface area (Å²) in [5, 5.41) is 109. The highest BCUT2D eigenvalue weighted by atomic mass is 16.8. The van der Waals surface area contributed by atoms with Gasteiger partial charge in [-0.05, 0) is 86.4 Å². The van der Waals surface area contributed by atoms with Gasteiger partial charge in [0.05, 0.1) is 50.3 Å². The maximum Gasteiger partial charge on any atom is 0.302 e. The summed E-state index contributed by atoms with van der Waals surface area (Å²) in [6.45, 7) is 15.8. The molecular formula is C50H80O19. The molecule has 0 aromatic carbocycles. The Morgan fingerprint density at radius 3 is 1.97 bits per heavy atom. The van der Waals surface area contributed by atoms with E-state index in [4.69, 9.17) is 37.9 Å². The molecule has 5 aliphatic carbocycles. The lowest BCUT2D eigenvalue weighted by molar-refractivity contribution is -0.391. The van der Waals surface area contributed by atoms with Gasteiger partial charge in [-0.25, -0.2) is 0 Å². The largest absolute Gasteiger partial charge is 0.465 e. The van der Waals surface area contributed by atoms with Crippen molar-refractivity contribution in [3.05, 3.63) is 12.2 Å². The molecule has 4 saturated heterocycles. The average molecular weight is 985 g/mol. The van der Waals surface area contributed by atoms with E-state index < -0.39 is 135 Å². The minimum Gasteiger partial charge on any atom is -0.465 e. The highest BCUT2D eigenvalue weighted by Gasteiger charge is 2.79. The van der Waals surface area contributed by atoms with Gasteiger partial charge in [0.1, 0.15) is 67.1 Å². The van der Waals surface area contributed by atoms with Gasteiger partial charge in [0.25, 0.3) is 0 Å². The quantitative estimate of drug-likeness (QED) is 0.0793. The molecule has 10 N–H and O–H groups in total. The Kier molecular flexibility index (Phi) is 13.8. The highest BCUT2D eigenvalue weighted by Crippen LogP contribution is 2.79. The molecule has 8 fully saturated rings. The van der Waals surface area contributed by atoms with E-state index in [0.29, 0.717) is 25.9 Å². The third kappa shape index (κ3) is 7.79. The highest BCUT2D eigenvalue weighted by molar-refractivity contribution is 5.66. The minimum atomic E-state index is -1.91. The molecule has 394 valence electrons. The Morgan fingerprint density at radius 1 is 0.667 bits per heavy atom. The van der Waals surface area contributed by atoms with Crippen molar-refractivity contribution in [3.8, 4) is 0 Å². The molecule has 0 amide bonds. The number of fused-ring (bicyclic) bond motifs is 4. The van der Waals surface area contributed by atoms with E-state index in [9.17, 15) is 55.9 Å². The predicted octanol–water partition coefficient (Wildman–Crippen LogP) is 0.172. The molecular weight excluding hydrogens is 905 g/mol. The van der Waals surface area contributed by atoms with Crippen molar-refractivity contribution in [2.45, 2.75) is 217 Å². The summed E-state index contributed by atoms with van der Waals surface area (Å²) in [5.41, 5.74) is -2.47. The van der Waals surface area contributed by atoms with Crippen molar-refractivity contribution >= 4 is 5.97 Å². The van der Waals surface area contributed by atoms with Crippen LogP contribution in [0.1, 0.15) is 107 Å². The number of rotatable bonds is 10. The van der Waals surface area contributed by atoms with E-state index in [1.54, 1.807) is 6.92 Å². The molecule has 1 spiro atoms. The number of aliphatic hydroxyl groups is 10. The third-order valence-electron chi connectivity index (χ3n) is 20.3. The molecule has 19 nitrogen and oxygen atoms in total. The van der Waals surface area contributed by atoms with Crippen LogP contribution >= 0.6 is 0 Å². The number of hydrogen-bond acceptors (Lipinski definition) is 19. The number of carbonyl (C=O) groups is 1. The summed E-state index contributed by atoms with van der Waals surface area (Å²) in [4.78, 5) is 12.6. The van der Waals surface area contributed by atoms with Crippen LogP contribution in [0, 0.1) is 50.2 Å². The number of hydrogen-bond donors (Lipinski definition) is 10. The number of ether oxygens (including phenoxy) is 8. The van der Waals surface area contributed by atoms with E-state index in [1.165, 1.54) is 6.92 Å². The summed E-state index contributed by atoms with van der Waals surface area (Å²) in [6, 6.07) is 0. The molecule has 2 bridgehead atoms. The summed E-state index contributed by atoms with van der Waals surface area (Å²) < 4.78 is 49.5. The molecule has 4 heterocycles. The SMILES string of the molecule is CC(=O)OC[C@@]1(C)[C@@H]2CC[C@]3(C)[C@H](C=C[C@]45OC[C@@]6(CCC(C)(C)C[C@H]64)[C@H](O)C[C@]53C)[C@@]2(C)CC[C@@H]1O[C@@H]1O[C@H](C)[C@H](O)[C@H](O[C@@H]2O[C@H](CO)[C@@H](O)[C@H](O)[C@H]2O[C@@H]2O[C@H](CO)[C@@H](O)[C@H](O)[C@H]2O)[C@H]1O. The van der Waals surface area contributed by atoms with Gasteiger partial charge in [-0.15, -0.1) is 0 Å². The molecule has 69 heavy (non-hydrogen) atoms. The zero-order valence-electron chi connectivity index (χ0n) is 41.3. The molecule has 0 aromatic heterocycles. The predicted molar refractivity (Wildman–Crippen MR) is 239 cm³/mol. The van der Waals surface area contributed by atoms with E-state index in [-0.39, 0.29) is 51.4 Å². The van der Waals surface area contributed by atoms with Crippen molar-refractivity contribution in [1.29, 1.82) is 0 Å². The van der Waals surface area contributed by atoms with Crippen molar-refractivity contribution in [3.63, 3.8) is 0 Å². The first-order valence-electron chi connectivity index (χ1n) is 25.3. The fraction of sp³-hybridized carbons (Fsp3) is 0.940. The number of esters is 1. The Labute approximate surface area is 404 Å². The molecule has 19 heteroatoms. The maximum absolute atomic E-state index is 12.6. The monoisotopic (exact) mass is 985 g/mol. The van der Waals surface area contributed by atoms with E-state index in [0.717, 1.165) is 32.1 Å². The summed E-state index contributed by atoms with van der Waals surface area (Å²) >= 11 is 0. The first kappa shape index (κ1) is 52.4. The van der Waals surface area contributed by atoms with Crippen LogP contribution in [0.25, 0.3) is 0 Å². The van der Waals surface area contributed by atoms with Crippen molar-refractivity contribution in [1.82, 2.24) is 0 Å². The fourth-order valence-corrected chi connectivity index (χ4v) is 16.0. The summed E-state index contributed by atoms with van der Waals surface area (Å²) in [6.07, 6.45) is -14.6. The van der Waals surface area contributed by atoms with Gasteiger partial charge in [-0.2, -0.15) is 0 Å². The molecule has 4 aliphatic heterocycles. The van der Waals surface area contributed by atoms with Gasteiger partial charge in [0.2, 0.25) is 0 Å². The van der Waals surface area contributed by atoms with Crippen LogP contribution in [-0.2, 0) is 42.7 Å². The second-order valence-electron chi connectivity index (χ2n) is 24.4. The van der Waals surface area contributed by atoms with Gasteiger partial charge in [0.15, 0.2) is 18.9 Å². The van der Waals surface area contributed by atoms with E-state index >= 15 is 0 Å². The molecule has 0 radical (unpaired) electrons. The standard InChI is InChI=1S/C50H80O19/c1-23-32(55)39(68-43-40(36(59)34(57)26(20-52)66-43)69-41-37(60)35(58)33(56)25(19-51)65-41)38(61)42(64-23)67-31-11-12-45(5)27(46(31,6)21-62-24(2)53)9-13-47(7)28(45)10-14-50-29-17-44(3,4)15-16-49(29,22-63-50)30(54)18-48(47,50)8/h10,14,23,25-43,51-52,54-61H,9,11-13,15-22H2,1-8H3/t23-,25-,26-,27-,28-,29-,30-,31+,32+,33-,34-,35+,36+,37-,38-,39+,40-,41+,42+,43+,45+,46+,47-,48+,49-,50+/m1/s1. The van der Waals surface area contributed by atoms with Crippen molar-refractivity contribution in [2.75, 3.05) is 26.4 Å². The van der Waals surface area contributed by atoms with E-state index in [1.807, 2.05) is 0 Å². The number of carbonyl (C=O) groups excluding carboxylic acids is 1. The molecule has 9 rings (SSSR count). The smallest absolute Gasteiger partial charge is 0.302 e. The topological polar surface area (TPSA) is 293 Å². The van der Waals surface area contributed by atoms with Gasteiger partial charge in [-0.3, -0.25) is 4.79 Å². The Bertz CT molecular complexity index is 1920. The van der Waals surface area contributed by atoms with Crippen molar-refractivity contribution < 1.29 is 93.8 Å². The van der Waals surface area contributed by atoms with Crippen LogP contribution < -0.4 is 0 Å². The van der Waals surface area contributed by atoms with Gasteiger partial charge in [-0.1, -0.05) is 53.7 Å². The number of allylic oxidation sites excluding steroid dienone is 1. The first-order chi connectivity index (χ1) is 32.3. The van der Waals surface area contributed by atoms with Gasteiger partial charge >= 0.3 is 5.97 Å². The minimum absolute atomic E-state index is 0.0136. The third-order valence-corrected chi connectivity index (χ3v) is 20.3. The first-order valence-corrected chi connectivity index (χ1v) is 25.3. The van der Waals surface area contributed by atoms with Crippen LogP contribution in [0.15, 0.2) is 12.2 Å². The molecule has 0 aromatic rings. The van der Waals surface area contributed by atoms with Gasteiger partial charge in [0, 0.05) is 29.1 Å². The molecule has 26 atom stereocenters. The normalized spacial score (nSPS) is 56.6. The van der Waals surface area contributed by atoms with Crippen molar-refractivity contribution in [2.24, 2.45) is 50.2 Å². The summed E-state index contributed by atoms with van der Waals surface area (Å²) in [5.74, 6) is -0.269. The van der Waals surface area contributed by atoms with Crippen LogP contribution in [0.4, 0.5) is 0 Å². The zero-order chi connectivity index (χ0) is 50.2. The fourth-order valence-electron chi connectivity index (χ4n) is 16.0. The molecule has 0 unspecified atom stereocenters. The lowest BCUT2D eigenvalue weighted by Crippen LogP contribution is -2.72. The lowest BCUT2D eigenvalue weighted by Gasteiger charge is -2.73. The molecule has 4 saturated carbocycles. The summed E-state index contributed by atoms with van der Waals surface area (Å²) in [7, 11) is 0. The van der Waals surface area contributed by atoms with Crippen LogP contribution in [0.2, 0.25) is 0 Å². The second kappa shape index (κ2) is 18.1. The van der Waals surface area contributed by atoms with Gasteiger partial charge < -0.3 is 89.0 Å². The number of aliphatic hydroxyl groups excluding tert-OH is 10. The Morgan fingerprint density at radius 2 is 1.30 bits per heavy atom. The zero-order valence-corrected chi connectivity index (χ0v) is 41.3.